The summed E-state index contributed by atoms with van der Waals surface area (Å²) in [6, 6.07) is 1.81. The van der Waals surface area contributed by atoms with Gasteiger partial charge in [-0.3, -0.25) is 0 Å². The van der Waals surface area contributed by atoms with E-state index in [9.17, 15) is 8.42 Å². The minimum atomic E-state index is -3.32. The van der Waals surface area contributed by atoms with Gasteiger partial charge in [0.2, 0.25) is 10.0 Å². The van der Waals surface area contributed by atoms with E-state index in [4.69, 9.17) is 4.52 Å². The lowest BCUT2D eigenvalue weighted by atomic mass is 9.93. The lowest BCUT2D eigenvalue weighted by molar-refractivity contribution is 0.328. The first-order chi connectivity index (χ1) is 9.51. The van der Waals surface area contributed by atoms with Gasteiger partial charge in [-0.1, -0.05) is 12.1 Å². The molecule has 0 aromatic carbocycles. The number of fused-ring (bicyclic) bond motifs is 1. The number of aromatic nitrogens is 1. The zero-order valence-corrected chi connectivity index (χ0v) is 12.7. The fourth-order valence-electron chi connectivity index (χ4n) is 3.57. The van der Waals surface area contributed by atoms with E-state index in [1.54, 1.807) is 17.3 Å². The molecule has 1 aromatic rings. The molecule has 0 amide bonds. The van der Waals surface area contributed by atoms with Crippen LogP contribution in [-0.4, -0.2) is 43.6 Å². The first-order valence-electron chi connectivity index (χ1n) is 7.13. The van der Waals surface area contributed by atoms with Crippen LogP contribution < -0.4 is 5.32 Å². The SMILES string of the molecule is CCC1C2CNCC2CN1S(=O)(=O)Cc1cc(C)on1. The Morgan fingerprint density at radius 2 is 2.30 bits per heavy atom. The summed E-state index contributed by atoms with van der Waals surface area (Å²) in [6.07, 6.45) is 0.861. The normalized spacial score (nSPS) is 30.8. The Morgan fingerprint density at radius 1 is 1.50 bits per heavy atom. The van der Waals surface area contributed by atoms with Crippen LogP contribution in [0.2, 0.25) is 0 Å². The van der Waals surface area contributed by atoms with Crippen molar-refractivity contribution in [2.45, 2.75) is 32.1 Å². The zero-order valence-electron chi connectivity index (χ0n) is 11.9. The maximum absolute atomic E-state index is 12.6. The smallest absolute Gasteiger partial charge is 0.220 e. The van der Waals surface area contributed by atoms with E-state index in [2.05, 4.69) is 17.4 Å². The number of aryl methyl sites for hydroxylation is 1. The molecule has 3 rings (SSSR count). The molecule has 112 valence electrons. The van der Waals surface area contributed by atoms with Gasteiger partial charge in [0.25, 0.3) is 0 Å². The van der Waals surface area contributed by atoms with Crippen LogP contribution in [0.4, 0.5) is 0 Å². The lowest BCUT2D eigenvalue weighted by Gasteiger charge is -2.25. The van der Waals surface area contributed by atoms with E-state index in [1.165, 1.54) is 0 Å². The molecule has 3 atom stereocenters. The van der Waals surface area contributed by atoms with Gasteiger partial charge in [-0.15, -0.1) is 0 Å². The Morgan fingerprint density at radius 3 is 2.95 bits per heavy atom. The third kappa shape index (κ3) is 2.38. The summed E-state index contributed by atoms with van der Waals surface area (Å²) in [5, 5.41) is 7.17. The van der Waals surface area contributed by atoms with Crippen molar-refractivity contribution in [2.75, 3.05) is 19.6 Å². The minimum Gasteiger partial charge on any atom is -0.361 e. The topological polar surface area (TPSA) is 75.4 Å². The summed E-state index contributed by atoms with van der Waals surface area (Å²) < 4.78 is 31.9. The molecule has 2 aliphatic rings. The molecule has 0 radical (unpaired) electrons. The van der Waals surface area contributed by atoms with E-state index in [0.29, 0.717) is 29.8 Å². The van der Waals surface area contributed by atoms with Crippen molar-refractivity contribution in [1.29, 1.82) is 0 Å². The maximum Gasteiger partial charge on any atom is 0.220 e. The van der Waals surface area contributed by atoms with E-state index >= 15 is 0 Å². The molecule has 0 bridgehead atoms. The van der Waals surface area contributed by atoms with Crippen molar-refractivity contribution < 1.29 is 12.9 Å². The third-order valence-electron chi connectivity index (χ3n) is 4.45. The van der Waals surface area contributed by atoms with Crippen LogP contribution >= 0.6 is 0 Å². The van der Waals surface area contributed by atoms with Gasteiger partial charge in [0, 0.05) is 18.7 Å². The fraction of sp³-hybridized carbons (Fsp3) is 0.769. The molecule has 0 aliphatic carbocycles. The van der Waals surface area contributed by atoms with Gasteiger partial charge in [-0.25, -0.2) is 8.42 Å². The van der Waals surface area contributed by atoms with Crippen LogP contribution in [0.5, 0.6) is 0 Å². The Bertz CT molecular complexity index is 583. The fourth-order valence-corrected chi connectivity index (χ4v) is 5.38. The van der Waals surface area contributed by atoms with E-state index < -0.39 is 10.0 Å². The molecule has 2 aliphatic heterocycles. The molecule has 0 spiro atoms. The lowest BCUT2D eigenvalue weighted by Crippen LogP contribution is -2.40. The van der Waals surface area contributed by atoms with Crippen LogP contribution in [0.1, 0.15) is 24.8 Å². The van der Waals surface area contributed by atoms with Crippen LogP contribution in [0, 0.1) is 18.8 Å². The minimum absolute atomic E-state index is 0.0618. The Hall–Kier alpha value is -0.920. The van der Waals surface area contributed by atoms with Crippen LogP contribution in [0.3, 0.4) is 0 Å². The van der Waals surface area contributed by atoms with Crippen molar-refractivity contribution in [3.05, 3.63) is 17.5 Å². The third-order valence-corrected chi connectivity index (χ3v) is 6.25. The monoisotopic (exact) mass is 299 g/mol. The predicted octanol–water partition coefficient (Wildman–Crippen LogP) is 0.743. The number of rotatable bonds is 4. The Kier molecular flexibility index (Phi) is 3.60. The Balaban J connectivity index is 1.80. The van der Waals surface area contributed by atoms with Gasteiger partial charge in [0.15, 0.2) is 0 Å². The molecule has 3 heterocycles. The Labute approximate surface area is 119 Å². The van der Waals surface area contributed by atoms with Gasteiger partial charge in [-0.05, 0) is 38.3 Å². The molecular formula is C13H21N3O3S. The summed E-state index contributed by atoms with van der Waals surface area (Å²) in [5.74, 6) is 1.49. The second-order valence-electron chi connectivity index (χ2n) is 5.81. The van der Waals surface area contributed by atoms with E-state index in [0.717, 1.165) is 19.5 Å². The molecule has 1 aromatic heterocycles. The van der Waals surface area contributed by atoms with Crippen molar-refractivity contribution in [3.8, 4) is 0 Å². The summed E-state index contributed by atoms with van der Waals surface area (Å²) in [5.41, 5.74) is 0.493. The van der Waals surface area contributed by atoms with Crippen molar-refractivity contribution in [3.63, 3.8) is 0 Å². The molecule has 6 nitrogen and oxygen atoms in total. The van der Waals surface area contributed by atoms with Gasteiger partial charge in [-0.2, -0.15) is 4.31 Å². The first kappa shape index (κ1) is 14.0. The van der Waals surface area contributed by atoms with Gasteiger partial charge >= 0.3 is 0 Å². The van der Waals surface area contributed by atoms with Crippen molar-refractivity contribution >= 4 is 10.0 Å². The van der Waals surface area contributed by atoms with E-state index in [-0.39, 0.29) is 11.8 Å². The van der Waals surface area contributed by atoms with Gasteiger partial charge in [0.1, 0.15) is 17.2 Å². The quantitative estimate of drug-likeness (QED) is 0.887. The second kappa shape index (κ2) is 5.13. The predicted molar refractivity (Wildman–Crippen MR) is 74.5 cm³/mol. The summed E-state index contributed by atoms with van der Waals surface area (Å²) >= 11 is 0. The van der Waals surface area contributed by atoms with E-state index in [1.807, 2.05) is 0 Å². The molecule has 3 unspecified atom stereocenters. The summed E-state index contributed by atoms with van der Waals surface area (Å²) in [6.45, 7) is 6.32. The molecule has 20 heavy (non-hydrogen) atoms. The molecule has 7 heteroatoms. The zero-order chi connectivity index (χ0) is 14.3. The van der Waals surface area contributed by atoms with Crippen molar-refractivity contribution in [2.24, 2.45) is 11.8 Å². The number of sulfonamides is 1. The van der Waals surface area contributed by atoms with Crippen LogP contribution in [-0.2, 0) is 15.8 Å². The number of hydrogen-bond acceptors (Lipinski definition) is 5. The highest BCUT2D eigenvalue weighted by Gasteiger charge is 2.47. The number of nitrogens with one attached hydrogen (secondary N) is 1. The van der Waals surface area contributed by atoms with Gasteiger partial charge in [0.05, 0.1) is 0 Å². The van der Waals surface area contributed by atoms with Crippen LogP contribution in [0.25, 0.3) is 0 Å². The number of hydrogen-bond donors (Lipinski definition) is 1. The average molecular weight is 299 g/mol. The molecule has 2 saturated heterocycles. The molecule has 0 saturated carbocycles. The van der Waals surface area contributed by atoms with Gasteiger partial charge < -0.3 is 9.84 Å². The summed E-state index contributed by atoms with van der Waals surface area (Å²) in [4.78, 5) is 0. The molecular weight excluding hydrogens is 278 g/mol. The number of nitrogens with zero attached hydrogens (tertiary/aromatic N) is 2. The molecule has 1 N–H and O–H groups in total. The highest BCUT2D eigenvalue weighted by atomic mass is 32.2. The largest absolute Gasteiger partial charge is 0.361 e. The molecule has 2 fully saturated rings. The maximum atomic E-state index is 12.6. The second-order valence-corrected chi connectivity index (χ2v) is 7.73. The standard InChI is InChI=1S/C13H21N3O3S/c1-3-13-12-6-14-5-10(12)7-16(13)20(17,18)8-11-4-9(2)19-15-11/h4,10,12-14H,3,5-8H2,1-2H3. The van der Waals surface area contributed by atoms with Crippen molar-refractivity contribution in [1.82, 2.24) is 14.8 Å². The average Bonchev–Trinajstić information content (AvgIpc) is 3.03. The first-order valence-corrected chi connectivity index (χ1v) is 8.74. The van der Waals surface area contributed by atoms with Crippen LogP contribution in [0.15, 0.2) is 10.6 Å². The highest BCUT2D eigenvalue weighted by Crippen LogP contribution is 2.36. The highest BCUT2D eigenvalue weighted by molar-refractivity contribution is 7.88. The summed E-state index contributed by atoms with van der Waals surface area (Å²) in [7, 11) is -3.32.